The lowest BCUT2D eigenvalue weighted by Gasteiger charge is -2.14. The molecule has 5 nitrogen and oxygen atoms in total. The molecule has 0 bridgehead atoms. The van der Waals surface area contributed by atoms with Gasteiger partial charge in [0.1, 0.15) is 11.5 Å². The maximum absolute atomic E-state index is 13.7. The lowest BCUT2D eigenvalue weighted by Crippen LogP contribution is -2.20. The van der Waals surface area contributed by atoms with Crippen LogP contribution in [0.15, 0.2) is 18.2 Å². The van der Waals surface area contributed by atoms with Crippen LogP contribution < -0.4 is 0 Å². The van der Waals surface area contributed by atoms with Crippen molar-refractivity contribution in [1.82, 2.24) is 0 Å². The van der Waals surface area contributed by atoms with Gasteiger partial charge in [-0.2, -0.15) is 0 Å². The van der Waals surface area contributed by atoms with Crippen LogP contribution in [-0.4, -0.2) is 29.9 Å². The molecule has 0 heterocycles. The Balaban J connectivity index is 3.15. The summed E-state index contributed by atoms with van der Waals surface area (Å²) >= 11 is 0. The van der Waals surface area contributed by atoms with Gasteiger partial charge in [-0.25, -0.2) is 14.0 Å². The Morgan fingerprint density at radius 3 is 2.53 bits per heavy atom. The van der Waals surface area contributed by atoms with E-state index in [-0.39, 0.29) is 5.56 Å². The summed E-state index contributed by atoms with van der Waals surface area (Å²) in [5, 5.41) is 16.3. The summed E-state index contributed by atoms with van der Waals surface area (Å²) in [6.45, 7) is 1.70. The van der Waals surface area contributed by atoms with E-state index in [2.05, 4.69) is 4.74 Å². The summed E-state index contributed by atoms with van der Waals surface area (Å²) < 4.78 is 18.1. The third-order valence-corrected chi connectivity index (χ3v) is 2.79. The lowest BCUT2D eigenvalue weighted by molar-refractivity contribution is -0.129. The monoisotopic (exact) mass is 267 g/mol. The van der Waals surface area contributed by atoms with Crippen molar-refractivity contribution in [2.24, 2.45) is 0 Å². The molecule has 0 amide bonds. The molecule has 1 aromatic rings. The average molecular weight is 267 g/mol. The largest absolute Gasteiger partial charge is 0.477 e. The molecule has 0 unspecified atom stereocenters. The number of carbonyl (C=O) groups is 2. The maximum atomic E-state index is 13.7. The van der Waals surface area contributed by atoms with Crippen LogP contribution in [0.25, 0.3) is 0 Å². The predicted molar refractivity (Wildman–Crippen MR) is 66.1 cm³/mol. The van der Waals surface area contributed by atoms with Crippen molar-refractivity contribution in [2.45, 2.75) is 19.3 Å². The van der Waals surface area contributed by atoms with Gasteiger partial charge in [-0.05, 0) is 24.1 Å². The topological polar surface area (TPSA) is 87.5 Å². The molecule has 0 saturated carbocycles. The summed E-state index contributed by atoms with van der Waals surface area (Å²) in [5.41, 5.74) is -0.379. The number of esters is 1. The van der Waals surface area contributed by atoms with Gasteiger partial charge < -0.3 is 9.84 Å². The van der Waals surface area contributed by atoms with Crippen LogP contribution in [-0.2, 0) is 9.53 Å². The summed E-state index contributed by atoms with van der Waals surface area (Å²) in [4.78, 5) is 22.0. The van der Waals surface area contributed by atoms with Crippen LogP contribution in [0.4, 0.5) is 4.39 Å². The molecule has 0 spiro atoms. The first-order chi connectivity index (χ1) is 8.92. The van der Waals surface area contributed by atoms with Crippen LogP contribution in [0.3, 0.4) is 0 Å². The number of nitrogens with one attached hydrogen (secondary N) is 1. The van der Waals surface area contributed by atoms with Crippen LogP contribution in [0, 0.1) is 11.2 Å². The quantitative estimate of drug-likeness (QED) is 0.632. The highest BCUT2D eigenvalue weighted by Gasteiger charge is 2.22. The Morgan fingerprint density at radius 1 is 1.47 bits per heavy atom. The second-order valence-electron chi connectivity index (χ2n) is 3.91. The zero-order valence-corrected chi connectivity index (χ0v) is 10.6. The maximum Gasteiger partial charge on any atom is 0.350 e. The Kier molecular flexibility index (Phi) is 4.74. The van der Waals surface area contributed by atoms with E-state index in [1.54, 1.807) is 6.92 Å². The minimum absolute atomic E-state index is 0.219. The molecule has 0 aliphatic rings. The van der Waals surface area contributed by atoms with Crippen molar-refractivity contribution in [2.75, 3.05) is 7.11 Å². The van der Waals surface area contributed by atoms with Crippen LogP contribution >= 0.6 is 0 Å². The number of hydrogen-bond acceptors (Lipinski definition) is 4. The molecule has 0 aliphatic heterocycles. The molecule has 0 fully saturated rings. The molecule has 0 saturated heterocycles. The van der Waals surface area contributed by atoms with Gasteiger partial charge in [0.05, 0.1) is 12.7 Å². The molecule has 102 valence electrons. The van der Waals surface area contributed by atoms with Crippen LogP contribution in [0.2, 0.25) is 0 Å². The molecule has 6 heteroatoms. The number of carboxylic acid groups (broad SMARTS) is 1. The number of ether oxygens (including phenoxy) is 1. The fraction of sp³-hybridized carbons (Fsp3) is 0.308. The van der Waals surface area contributed by atoms with Gasteiger partial charge in [-0.15, -0.1) is 0 Å². The van der Waals surface area contributed by atoms with E-state index in [1.165, 1.54) is 12.1 Å². The summed E-state index contributed by atoms with van der Waals surface area (Å²) in [5.74, 6) is -3.64. The third-order valence-electron chi connectivity index (χ3n) is 2.79. The Morgan fingerprint density at radius 2 is 2.11 bits per heavy atom. The Labute approximate surface area is 109 Å². The highest BCUT2D eigenvalue weighted by molar-refractivity contribution is 6.36. The van der Waals surface area contributed by atoms with Gasteiger partial charge in [0.15, 0.2) is 0 Å². The highest BCUT2D eigenvalue weighted by Crippen LogP contribution is 2.23. The number of aliphatic carboxylic acids is 1. The number of halogens is 1. The van der Waals surface area contributed by atoms with Gasteiger partial charge in [0, 0.05) is 5.92 Å². The van der Waals surface area contributed by atoms with Crippen molar-refractivity contribution in [1.29, 1.82) is 5.41 Å². The zero-order chi connectivity index (χ0) is 14.6. The molecule has 1 atom stereocenters. The lowest BCUT2D eigenvalue weighted by atomic mass is 9.91. The van der Waals surface area contributed by atoms with Crippen LogP contribution in [0.5, 0.6) is 0 Å². The average Bonchev–Trinajstić information content (AvgIpc) is 2.38. The number of carboxylic acids is 1. The fourth-order valence-corrected chi connectivity index (χ4v) is 1.78. The minimum atomic E-state index is -1.34. The molecule has 0 radical (unpaired) electrons. The first-order valence-electron chi connectivity index (χ1n) is 5.61. The second kappa shape index (κ2) is 6.08. The van der Waals surface area contributed by atoms with E-state index in [4.69, 9.17) is 10.5 Å². The molecule has 0 aromatic heterocycles. The summed E-state index contributed by atoms with van der Waals surface area (Å²) in [6, 6.07) is 3.73. The van der Waals surface area contributed by atoms with Gasteiger partial charge in [0.2, 0.25) is 0 Å². The Bertz CT molecular complexity index is 527. The number of hydrogen-bond donors (Lipinski definition) is 2. The molecular formula is C13H14FNO4. The van der Waals surface area contributed by atoms with Gasteiger partial charge in [-0.1, -0.05) is 13.0 Å². The van der Waals surface area contributed by atoms with E-state index >= 15 is 0 Å². The third kappa shape index (κ3) is 3.15. The number of carbonyl (C=O) groups excluding carboxylic acids is 1. The SMILES string of the molecule is CC[C@@H](C(=N)C(=O)O)c1ccc(C(=O)OC)c(F)c1. The molecule has 2 N–H and O–H groups in total. The first kappa shape index (κ1) is 14.8. The van der Waals surface area contributed by atoms with E-state index < -0.39 is 29.4 Å². The van der Waals surface area contributed by atoms with Gasteiger partial charge in [0.25, 0.3) is 0 Å². The minimum Gasteiger partial charge on any atom is -0.477 e. The van der Waals surface area contributed by atoms with Gasteiger partial charge in [-0.3, -0.25) is 5.41 Å². The molecule has 0 aliphatic carbocycles. The number of methoxy groups -OCH3 is 1. The van der Waals surface area contributed by atoms with Crippen molar-refractivity contribution in [3.05, 3.63) is 35.1 Å². The Hall–Kier alpha value is -2.24. The molecular weight excluding hydrogens is 253 g/mol. The summed E-state index contributed by atoms with van der Waals surface area (Å²) in [7, 11) is 1.14. The number of rotatable bonds is 5. The zero-order valence-electron chi connectivity index (χ0n) is 10.6. The van der Waals surface area contributed by atoms with E-state index in [0.717, 1.165) is 13.2 Å². The van der Waals surface area contributed by atoms with Crippen molar-refractivity contribution >= 4 is 17.7 Å². The van der Waals surface area contributed by atoms with E-state index in [1.807, 2.05) is 0 Å². The van der Waals surface area contributed by atoms with Crippen LogP contribution in [0.1, 0.15) is 35.2 Å². The highest BCUT2D eigenvalue weighted by atomic mass is 19.1. The van der Waals surface area contributed by atoms with E-state index in [0.29, 0.717) is 12.0 Å². The van der Waals surface area contributed by atoms with Crippen molar-refractivity contribution in [3.63, 3.8) is 0 Å². The summed E-state index contributed by atoms with van der Waals surface area (Å²) in [6.07, 6.45) is 0.349. The predicted octanol–water partition coefficient (Wildman–Crippen LogP) is 2.21. The van der Waals surface area contributed by atoms with Gasteiger partial charge >= 0.3 is 11.9 Å². The smallest absolute Gasteiger partial charge is 0.350 e. The van der Waals surface area contributed by atoms with E-state index in [9.17, 15) is 14.0 Å². The van der Waals surface area contributed by atoms with Crippen molar-refractivity contribution < 1.29 is 23.8 Å². The molecule has 19 heavy (non-hydrogen) atoms. The second-order valence-corrected chi connectivity index (χ2v) is 3.91. The fourth-order valence-electron chi connectivity index (χ4n) is 1.78. The number of benzene rings is 1. The van der Waals surface area contributed by atoms with Crippen molar-refractivity contribution in [3.8, 4) is 0 Å². The first-order valence-corrected chi connectivity index (χ1v) is 5.61. The molecule has 1 aromatic carbocycles. The normalized spacial score (nSPS) is 11.7. The molecule has 1 rings (SSSR count). The standard InChI is InChI=1S/C13H14FNO4/c1-3-8(11(15)12(16)17)7-4-5-9(10(14)6-7)13(18)19-2/h4-6,8,15H,3H2,1-2H3,(H,16,17)/t8-/m1/s1.